The zero-order chi connectivity index (χ0) is 25.2. The van der Waals surface area contributed by atoms with Crippen LogP contribution < -0.4 is 5.32 Å². The van der Waals surface area contributed by atoms with Gasteiger partial charge in [-0.2, -0.15) is 0 Å². The molecule has 2 aliphatic heterocycles. The average molecular weight is 477 g/mol. The van der Waals surface area contributed by atoms with Crippen LogP contribution >= 0.6 is 0 Å². The molecular formula is C28H36N4O3. The van der Waals surface area contributed by atoms with Crippen LogP contribution in [0.25, 0.3) is 0 Å². The number of rotatable bonds is 5. The molecule has 7 heteroatoms. The Hall–Kier alpha value is -3.22. The van der Waals surface area contributed by atoms with Crippen molar-refractivity contribution in [1.29, 1.82) is 0 Å². The van der Waals surface area contributed by atoms with E-state index in [0.29, 0.717) is 18.8 Å². The standard InChI is InChI=1S/C28H36N4O3/c1-19(2)24(30-25(33)22-18-20(3)10-14-29-22)27(35)32-16-12-28(13-17-32)11-15-31(4)26(34)23(28)21-8-6-5-7-9-21/h5-10,14,18-19,23-24H,11-13,15-17H2,1-4H3,(H,30,33)/t23?,24-/m1/s1. The van der Waals surface area contributed by atoms with Crippen LogP contribution in [0, 0.1) is 18.3 Å². The predicted octanol–water partition coefficient (Wildman–Crippen LogP) is 3.40. The molecule has 7 nitrogen and oxygen atoms in total. The number of likely N-dealkylation sites (tertiary alicyclic amines) is 2. The minimum Gasteiger partial charge on any atom is -0.345 e. The van der Waals surface area contributed by atoms with E-state index in [1.807, 2.05) is 74.0 Å². The summed E-state index contributed by atoms with van der Waals surface area (Å²) in [6.07, 6.45) is 4.08. The number of hydrogen-bond donors (Lipinski definition) is 1. The number of benzene rings is 1. The fraction of sp³-hybridized carbons (Fsp3) is 0.500. The fourth-order valence-electron chi connectivity index (χ4n) is 5.57. The van der Waals surface area contributed by atoms with Crippen molar-refractivity contribution in [1.82, 2.24) is 20.1 Å². The molecule has 2 aliphatic rings. The van der Waals surface area contributed by atoms with Crippen LogP contribution in [-0.4, -0.2) is 65.2 Å². The number of nitrogens with zero attached hydrogens (tertiary/aromatic N) is 3. The van der Waals surface area contributed by atoms with Crippen LogP contribution in [0.15, 0.2) is 48.7 Å². The normalized spacial score (nSPS) is 20.7. The molecule has 1 spiro atoms. The number of pyridine rings is 1. The Labute approximate surface area is 207 Å². The summed E-state index contributed by atoms with van der Waals surface area (Å²) in [5.74, 6) is -0.479. The van der Waals surface area contributed by atoms with E-state index in [2.05, 4.69) is 10.3 Å². The molecule has 0 aliphatic carbocycles. The molecule has 3 heterocycles. The van der Waals surface area contributed by atoms with Gasteiger partial charge in [0.1, 0.15) is 11.7 Å². The first-order chi connectivity index (χ1) is 16.7. The molecule has 2 saturated heterocycles. The molecule has 186 valence electrons. The topological polar surface area (TPSA) is 82.6 Å². The molecule has 1 aromatic carbocycles. The van der Waals surface area contributed by atoms with Gasteiger partial charge >= 0.3 is 0 Å². The molecule has 3 amide bonds. The number of nitrogens with one attached hydrogen (secondary N) is 1. The highest BCUT2D eigenvalue weighted by Gasteiger charge is 2.50. The number of likely N-dealkylation sites (N-methyl/N-ethyl adjacent to an activating group) is 1. The molecule has 4 rings (SSSR count). The number of piperidine rings is 2. The van der Waals surface area contributed by atoms with Gasteiger partial charge in [0.25, 0.3) is 5.91 Å². The number of hydrogen-bond acceptors (Lipinski definition) is 4. The second kappa shape index (κ2) is 10.2. The minimum atomic E-state index is -0.622. The first-order valence-electron chi connectivity index (χ1n) is 12.5. The predicted molar refractivity (Wildman–Crippen MR) is 135 cm³/mol. The number of amides is 3. The van der Waals surface area contributed by atoms with E-state index in [9.17, 15) is 14.4 Å². The van der Waals surface area contributed by atoms with Crippen LogP contribution in [0.1, 0.15) is 60.6 Å². The second-order valence-electron chi connectivity index (χ2n) is 10.5. The van der Waals surface area contributed by atoms with E-state index < -0.39 is 6.04 Å². The molecule has 35 heavy (non-hydrogen) atoms. The third kappa shape index (κ3) is 5.09. The third-order valence-electron chi connectivity index (χ3n) is 7.75. The third-order valence-corrected chi connectivity index (χ3v) is 7.75. The smallest absolute Gasteiger partial charge is 0.270 e. The SMILES string of the molecule is Cc1ccnc(C(=O)N[C@@H](C(=O)N2CCC3(CCN(C)C(=O)C3c3ccccc3)CC2)C(C)C)c1. The maximum Gasteiger partial charge on any atom is 0.270 e. The van der Waals surface area contributed by atoms with E-state index in [-0.39, 0.29) is 35.0 Å². The van der Waals surface area contributed by atoms with Crippen molar-refractivity contribution in [2.24, 2.45) is 11.3 Å². The number of carbonyl (C=O) groups is 3. The van der Waals surface area contributed by atoms with E-state index in [1.165, 1.54) is 0 Å². The van der Waals surface area contributed by atoms with Crippen LogP contribution in [0.2, 0.25) is 0 Å². The molecular weight excluding hydrogens is 440 g/mol. The van der Waals surface area contributed by atoms with Crippen LogP contribution in [0.3, 0.4) is 0 Å². The van der Waals surface area contributed by atoms with Gasteiger partial charge in [-0.15, -0.1) is 0 Å². The Balaban J connectivity index is 1.48. The van der Waals surface area contributed by atoms with E-state index >= 15 is 0 Å². The Morgan fingerprint density at radius 2 is 1.71 bits per heavy atom. The maximum absolute atomic E-state index is 13.5. The van der Waals surface area contributed by atoms with Crippen molar-refractivity contribution in [3.63, 3.8) is 0 Å². The first-order valence-corrected chi connectivity index (χ1v) is 12.5. The van der Waals surface area contributed by atoms with E-state index in [0.717, 1.165) is 36.9 Å². The molecule has 0 saturated carbocycles. The summed E-state index contributed by atoms with van der Waals surface area (Å²) >= 11 is 0. The summed E-state index contributed by atoms with van der Waals surface area (Å²) in [6.45, 7) is 7.70. The Bertz CT molecular complexity index is 1080. The first kappa shape index (κ1) is 24.9. The lowest BCUT2D eigenvalue weighted by Crippen LogP contribution is -2.57. The van der Waals surface area contributed by atoms with Gasteiger partial charge in [0, 0.05) is 32.9 Å². The summed E-state index contributed by atoms with van der Waals surface area (Å²) in [4.78, 5) is 47.5. The van der Waals surface area contributed by atoms with Gasteiger partial charge in [-0.05, 0) is 60.8 Å². The van der Waals surface area contributed by atoms with Gasteiger partial charge in [0.05, 0.1) is 5.92 Å². The zero-order valence-corrected chi connectivity index (χ0v) is 21.2. The summed E-state index contributed by atoms with van der Waals surface area (Å²) in [7, 11) is 1.88. The van der Waals surface area contributed by atoms with Gasteiger partial charge < -0.3 is 15.1 Å². The summed E-state index contributed by atoms with van der Waals surface area (Å²) in [6, 6.07) is 13.0. The van der Waals surface area contributed by atoms with Gasteiger partial charge in [-0.1, -0.05) is 44.2 Å². The average Bonchev–Trinajstić information content (AvgIpc) is 2.85. The Morgan fingerprint density at radius 3 is 2.34 bits per heavy atom. The van der Waals surface area contributed by atoms with Crippen molar-refractivity contribution in [3.05, 3.63) is 65.5 Å². The highest BCUT2D eigenvalue weighted by atomic mass is 16.2. The van der Waals surface area contributed by atoms with Crippen molar-refractivity contribution >= 4 is 17.7 Å². The molecule has 2 aromatic rings. The highest BCUT2D eigenvalue weighted by Crippen LogP contribution is 2.50. The van der Waals surface area contributed by atoms with Crippen LogP contribution in [0.4, 0.5) is 0 Å². The van der Waals surface area contributed by atoms with Gasteiger partial charge in [0.15, 0.2) is 0 Å². The van der Waals surface area contributed by atoms with Gasteiger partial charge in [0.2, 0.25) is 11.8 Å². The lowest BCUT2D eigenvalue weighted by Gasteiger charge is -2.51. The minimum absolute atomic E-state index is 0.0610. The highest BCUT2D eigenvalue weighted by molar-refractivity contribution is 5.96. The van der Waals surface area contributed by atoms with E-state index in [1.54, 1.807) is 12.3 Å². The Morgan fingerprint density at radius 1 is 1.06 bits per heavy atom. The quantitative estimate of drug-likeness (QED) is 0.717. The van der Waals surface area contributed by atoms with Crippen LogP contribution in [-0.2, 0) is 9.59 Å². The molecule has 1 aromatic heterocycles. The summed E-state index contributed by atoms with van der Waals surface area (Å²) in [5, 5.41) is 2.92. The lowest BCUT2D eigenvalue weighted by atomic mass is 9.62. The number of aryl methyl sites for hydroxylation is 1. The molecule has 0 radical (unpaired) electrons. The fourth-order valence-corrected chi connectivity index (χ4v) is 5.57. The second-order valence-corrected chi connectivity index (χ2v) is 10.5. The van der Waals surface area contributed by atoms with Crippen LogP contribution in [0.5, 0.6) is 0 Å². The molecule has 1 unspecified atom stereocenters. The largest absolute Gasteiger partial charge is 0.345 e. The van der Waals surface area contributed by atoms with E-state index in [4.69, 9.17) is 0 Å². The zero-order valence-electron chi connectivity index (χ0n) is 21.2. The van der Waals surface area contributed by atoms with Crippen molar-refractivity contribution < 1.29 is 14.4 Å². The molecule has 1 N–H and O–H groups in total. The van der Waals surface area contributed by atoms with Crippen molar-refractivity contribution in [3.8, 4) is 0 Å². The lowest BCUT2D eigenvalue weighted by molar-refractivity contribution is -0.144. The number of carbonyl (C=O) groups excluding carboxylic acids is 3. The maximum atomic E-state index is 13.5. The summed E-state index contributed by atoms with van der Waals surface area (Å²) < 4.78 is 0. The molecule has 2 fully saturated rings. The van der Waals surface area contributed by atoms with Crippen molar-refractivity contribution in [2.45, 2.75) is 52.0 Å². The summed E-state index contributed by atoms with van der Waals surface area (Å²) in [5.41, 5.74) is 2.17. The monoisotopic (exact) mass is 476 g/mol. The Kier molecular flexibility index (Phi) is 7.24. The molecule has 0 bridgehead atoms. The number of aromatic nitrogens is 1. The van der Waals surface area contributed by atoms with Crippen molar-refractivity contribution in [2.75, 3.05) is 26.7 Å². The van der Waals surface area contributed by atoms with Gasteiger partial charge in [-0.3, -0.25) is 19.4 Å². The van der Waals surface area contributed by atoms with Gasteiger partial charge in [-0.25, -0.2) is 0 Å². The molecule has 2 atom stereocenters.